The zero-order chi connectivity index (χ0) is 20.9. The van der Waals surface area contributed by atoms with Crippen LogP contribution in [0.1, 0.15) is 15.9 Å². The third kappa shape index (κ3) is 5.01. The lowest BCUT2D eigenvalue weighted by atomic mass is 10.1. The molecule has 0 atom stereocenters. The molecular weight excluding hydrogens is 386 g/mol. The molecule has 29 heavy (non-hydrogen) atoms. The first-order chi connectivity index (χ1) is 13.9. The number of hydrogen-bond acceptors (Lipinski definition) is 4. The number of nitrogens with one attached hydrogen (secondary N) is 2. The summed E-state index contributed by atoms with van der Waals surface area (Å²) in [6.45, 7) is 0.381. The number of rotatable bonds is 7. The van der Waals surface area contributed by atoms with Gasteiger partial charge in [-0.05, 0) is 42.0 Å². The SMILES string of the molecule is CN(C)S(=O)(=O)c1cccc(CNc2ccccc2C(=O)Nc2ccccc2)c1. The molecule has 0 aromatic heterocycles. The lowest BCUT2D eigenvalue weighted by Crippen LogP contribution is -2.22. The number of hydrogen-bond donors (Lipinski definition) is 2. The molecule has 0 aliphatic rings. The smallest absolute Gasteiger partial charge is 0.257 e. The van der Waals surface area contributed by atoms with Crippen LogP contribution in [0, 0.1) is 0 Å². The highest BCUT2D eigenvalue weighted by atomic mass is 32.2. The largest absolute Gasteiger partial charge is 0.380 e. The second-order valence-corrected chi connectivity index (χ2v) is 8.81. The van der Waals surface area contributed by atoms with Gasteiger partial charge in [-0.3, -0.25) is 4.79 Å². The summed E-state index contributed by atoms with van der Waals surface area (Å²) in [7, 11) is -0.493. The fraction of sp³-hybridized carbons (Fsp3) is 0.136. The van der Waals surface area contributed by atoms with Gasteiger partial charge >= 0.3 is 0 Å². The van der Waals surface area contributed by atoms with Gasteiger partial charge < -0.3 is 10.6 Å². The monoisotopic (exact) mass is 409 g/mol. The van der Waals surface area contributed by atoms with Crippen LogP contribution < -0.4 is 10.6 Å². The van der Waals surface area contributed by atoms with Gasteiger partial charge in [-0.1, -0.05) is 42.5 Å². The third-order valence-electron chi connectivity index (χ3n) is 4.36. The van der Waals surface area contributed by atoms with Crippen LogP contribution in [-0.4, -0.2) is 32.7 Å². The first-order valence-electron chi connectivity index (χ1n) is 9.09. The molecule has 3 aromatic carbocycles. The fourth-order valence-electron chi connectivity index (χ4n) is 2.78. The maximum atomic E-state index is 12.7. The molecule has 0 spiro atoms. The van der Waals surface area contributed by atoms with Crippen LogP contribution in [0.15, 0.2) is 83.8 Å². The van der Waals surface area contributed by atoms with E-state index in [4.69, 9.17) is 0 Å². The van der Waals surface area contributed by atoms with Crippen LogP contribution in [-0.2, 0) is 16.6 Å². The third-order valence-corrected chi connectivity index (χ3v) is 6.17. The van der Waals surface area contributed by atoms with Gasteiger partial charge in [0, 0.05) is 32.0 Å². The average Bonchev–Trinajstić information content (AvgIpc) is 2.73. The molecule has 0 heterocycles. The van der Waals surface area contributed by atoms with Crippen LogP contribution in [0.2, 0.25) is 0 Å². The zero-order valence-corrected chi connectivity index (χ0v) is 17.1. The molecular formula is C22H23N3O3S. The number of anilines is 2. The van der Waals surface area contributed by atoms with E-state index in [-0.39, 0.29) is 10.8 Å². The molecule has 0 saturated carbocycles. The van der Waals surface area contributed by atoms with Crippen molar-refractivity contribution in [3.8, 4) is 0 Å². The molecule has 3 aromatic rings. The van der Waals surface area contributed by atoms with Crippen LogP contribution in [0.4, 0.5) is 11.4 Å². The average molecular weight is 410 g/mol. The molecule has 0 radical (unpaired) electrons. The zero-order valence-electron chi connectivity index (χ0n) is 16.3. The summed E-state index contributed by atoms with van der Waals surface area (Å²) in [5, 5.41) is 6.11. The van der Waals surface area contributed by atoms with Gasteiger partial charge in [0.15, 0.2) is 0 Å². The van der Waals surface area contributed by atoms with Gasteiger partial charge in [-0.25, -0.2) is 12.7 Å². The van der Waals surface area contributed by atoms with Crippen molar-refractivity contribution in [2.75, 3.05) is 24.7 Å². The topological polar surface area (TPSA) is 78.5 Å². The second-order valence-electron chi connectivity index (χ2n) is 6.65. The Balaban J connectivity index is 1.76. The molecule has 0 aliphatic heterocycles. The Kier molecular flexibility index (Phi) is 6.31. The van der Waals surface area contributed by atoms with Gasteiger partial charge in [0.1, 0.15) is 0 Å². The van der Waals surface area contributed by atoms with Crippen molar-refractivity contribution in [1.29, 1.82) is 0 Å². The summed E-state index contributed by atoms with van der Waals surface area (Å²) < 4.78 is 25.8. The van der Waals surface area contributed by atoms with Crippen molar-refractivity contribution in [1.82, 2.24) is 4.31 Å². The standard InChI is InChI=1S/C22H23N3O3S/c1-25(2)29(27,28)19-12-8-9-17(15-19)16-23-21-14-7-6-13-20(21)22(26)24-18-10-4-3-5-11-18/h3-15,23H,16H2,1-2H3,(H,24,26). The van der Waals surface area contributed by atoms with Gasteiger partial charge in [-0.15, -0.1) is 0 Å². The predicted octanol–water partition coefficient (Wildman–Crippen LogP) is 3.80. The Morgan fingerprint density at radius 3 is 2.31 bits per heavy atom. The molecule has 0 bridgehead atoms. The quantitative estimate of drug-likeness (QED) is 0.622. The summed E-state index contributed by atoms with van der Waals surface area (Å²) >= 11 is 0. The van der Waals surface area contributed by atoms with Crippen LogP contribution in [0.3, 0.4) is 0 Å². The van der Waals surface area contributed by atoms with Crippen LogP contribution in [0.5, 0.6) is 0 Å². The Morgan fingerprint density at radius 1 is 0.897 bits per heavy atom. The van der Waals surface area contributed by atoms with Gasteiger partial charge in [0.25, 0.3) is 5.91 Å². The lowest BCUT2D eigenvalue weighted by Gasteiger charge is -2.14. The first-order valence-corrected chi connectivity index (χ1v) is 10.5. The molecule has 0 fully saturated rings. The minimum absolute atomic E-state index is 0.219. The van der Waals surface area contributed by atoms with Crippen molar-refractivity contribution in [2.45, 2.75) is 11.4 Å². The second kappa shape index (κ2) is 8.89. The van der Waals surface area contributed by atoms with Crippen molar-refractivity contribution in [3.05, 3.63) is 90.0 Å². The highest BCUT2D eigenvalue weighted by molar-refractivity contribution is 7.89. The minimum Gasteiger partial charge on any atom is -0.380 e. The highest BCUT2D eigenvalue weighted by Gasteiger charge is 2.17. The lowest BCUT2D eigenvalue weighted by molar-refractivity contribution is 0.102. The predicted molar refractivity (Wildman–Crippen MR) is 115 cm³/mol. The van der Waals surface area contributed by atoms with Gasteiger partial charge in [-0.2, -0.15) is 0 Å². The fourth-order valence-corrected chi connectivity index (χ4v) is 3.75. The van der Waals surface area contributed by atoms with E-state index in [9.17, 15) is 13.2 Å². The number of nitrogens with zero attached hydrogens (tertiary/aromatic N) is 1. The van der Waals surface area contributed by atoms with Crippen LogP contribution >= 0.6 is 0 Å². The Morgan fingerprint density at radius 2 is 1.59 bits per heavy atom. The molecule has 6 nitrogen and oxygen atoms in total. The Labute approximate surface area is 171 Å². The van der Waals surface area contributed by atoms with E-state index in [0.29, 0.717) is 23.5 Å². The van der Waals surface area contributed by atoms with Crippen molar-refractivity contribution in [3.63, 3.8) is 0 Å². The summed E-state index contributed by atoms with van der Waals surface area (Å²) in [6.07, 6.45) is 0. The summed E-state index contributed by atoms with van der Waals surface area (Å²) in [4.78, 5) is 12.9. The van der Waals surface area contributed by atoms with Crippen molar-refractivity contribution >= 4 is 27.3 Å². The number of sulfonamides is 1. The van der Waals surface area contributed by atoms with Gasteiger partial charge in [0.2, 0.25) is 10.0 Å². The van der Waals surface area contributed by atoms with E-state index in [1.807, 2.05) is 48.5 Å². The maximum Gasteiger partial charge on any atom is 0.257 e. The van der Waals surface area contributed by atoms with Crippen LogP contribution in [0.25, 0.3) is 0 Å². The van der Waals surface area contributed by atoms with E-state index < -0.39 is 10.0 Å². The molecule has 0 unspecified atom stereocenters. The minimum atomic E-state index is -3.50. The molecule has 150 valence electrons. The number of carbonyl (C=O) groups is 1. The maximum absolute atomic E-state index is 12.7. The number of benzene rings is 3. The first kappa shape index (κ1) is 20.6. The Hall–Kier alpha value is -3.16. The Bertz CT molecular complexity index is 1100. The summed E-state index contributed by atoms with van der Waals surface area (Å²) in [5.74, 6) is -0.219. The molecule has 0 aliphatic carbocycles. The normalized spacial score (nSPS) is 11.3. The summed E-state index contributed by atoms with van der Waals surface area (Å²) in [6, 6.07) is 23.2. The molecule has 2 N–H and O–H groups in total. The molecule has 3 rings (SSSR count). The van der Waals surface area contributed by atoms with E-state index in [1.165, 1.54) is 18.4 Å². The molecule has 0 saturated heterocycles. The number of carbonyl (C=O) groups excluding carboxylic acids is 1. The summed E-state index contributed by atoms with van der Waals surface area (Å²) in [5.41, 5.74) is 2.69. The highest BCUT2D eigenvalue weighted by Crippen LogP contribution is 2.20. The van der Waals surface area contributed by atoms with Crippen molar-refractivity contribution in [2.24, 2.45) is 0 Å². The number of amides is 1. The number of para-hydroxylation sites is 2. The molecule has 1 amide bonds. The molecule has 7 heteroatoms. The van der Waals surface area contributed by atoms with E-state index in [0.717, 1.165) is 5.56 Å². The van der Waals surface area contributed by atoms with E-state index >= 15 is 0 Å². The van der Waals surface area contributed by atoms with Crippen molar-refractivity contribution < 1.29 is 13.2 Å². The van der Waals surface area contributed by atoms with Gasteiger partial charge in [0.05, 0.1) is 10.5 Å². The van der Waals surface area contributed by atoms with E-state index in [2.05, 4.69) is 10.6 Å². The van der Waals surface area contributed by atoms with E-state index in [1.54, 1.807) is 30.3 Å².